The molecule has 2 aromatic rings. The molecule has 0 spiro atoms. The summed E-state index contributed by atoms with van der Waals surface area (Å²) in [7, 11) is 0.777. The van der Waals surface area contributed by atoms with Gasteiger partial charge in [-0.1, -0.05) is 17.7 Å². The number of benzene rings is 2. The average molecular weight is 378 g/mol. The minimum absolute atomic E-state index is 0.143. The number of rotatable bonds is 7. The van der Waals surface area contributed by atoms with Gasteiger partial charge in [-0.2, -0.15) is 18.4 Å². The minimum atomic E-state index is -3.75. The molecule has 8 heteroatoms. The zero-order valence-electron chi connectivity index (χ0n) is 15.4. The summed E-state index contributed by atoms with van der Waals surface area (Å²) in [5.41, 5.74) is 2.05. The number of hydrogen-bond acceptors (Lipinski definition) is 6. The molecule has 7 nitrogen and oxygen atoms in total. The summed E-state index contributed by atoms with van der Waals surface area (Å²) in [6.45, 7) is 3.56. The zero-order valence-corrected chi connectivity index (χ0v) is 16.2. The van der Waals surface area contributed by atoms with Crippen LogP contribution in [-0.4, -0.2) is 35.5 Å². The summed E-state index contributed by atoms with van der Waals surface area (Å²) in [5, 5.41) is 4.00. The van der Waals surface area contributed by atoms with Crippen LogP contribution in [0.3, 0.4) is 0 Å². The van der Waals surface area contributed by atoms with E-state index in [0.29, 0.717) is 28.5 Å². The lowest BCUT2D eigenvalue weighted by molar-refractivity contribution is 0.324. The Hall–Kier alpha value is -2.74. The van der Waals surface area contributed by atoms with E-state index in [1.165, 1.54) is 33.5 Å². The zero-order chi connectivity index (χ0) is 19.3. The van der Waals surface area contributed by atoms with E-state index in [1.54, 1.807) is 31.2 Å². The summed E-state index contributed by atoms with van der Waals surface area (Å²) in [5.74, 6) is 1.36. The van der Waals surface area contributed by atoms with Crippen LogP contribution in [0.25, 0.3) is 0 Å². The number of aryl methyl sites for hydroxylation is 1. The molecule has 0 saturated carbocycles. The largest absolute Gasteiger partial charge is 0.493 e. The number of sulfonamides is 1. The summed E-state index contributed by atoms with van der Waals surface area (Å²) < 4.78 is 40.5. The van der Waals surface area contributed by atoms with Gasteiger partial charge in [0.25, 0.3) is 10.0 Å². The fraction of sp³-hybridized carbons (Fsp3) is 0.278. The molecule has 0 saturated heterocycles. The molecule has 0 aliphatic heterocycles. The predicted octanol–water partition coefficient (Wildman–Crippen LogP) is 2.72. The molecule has 0 aliphatic rings. The summed E-state index contributed by atoms with van der Waals surface area (Å²) in [6, 6.07) is 9.90. The van der Waals surface area contributed by atoms with Crippen LogP contribution in [0.1, 0.15) is 18.1 Å². The van der Waals surface area contributed by atoms with E-state index in [2.05, 4.69) is 9.93 Å². The second-order valence-corrected chi connectivity index (χ2v) is 7.18. The first-order valence-corrected chi connectivity index (χ1v) is 9.24. The SMILES string of the molecule is COc1cc(C(C)=NNS(=O)(=O)c2ccc(C)cc2)cc(OC)c1OC. The lowest BCUT2D eigenvalue weighted by Gasteiger charge is -2.14. The summed E-state index contributed by atoms with van der Waals surface area (Å²) in [6.07, 6.45) is 0. The molecule has 2 aromatic carbocycles. The highest BCUT2D eigenvalue weighted by atomic mass is 32.2. The fourth-order valence-corrected chi connectivity index (χ4v) is 3.11. The molecular formula is C18H22N2O5S. The topological polar surface area (TPSA) is 86.2 Å². The molecule has 1 N–H and O–H groups in total. The van der Waals surface area contributed by atoms with Gasteiger partial charge in [0, 0.05) is 5.56 Å². The Morgan fingerprint density at radius 1 is 0.962 bits per heavy atom. The van der Waals surface area contributed by atoms with Gasteiger partial charge in [-0.15, -0.1) is 0 Å². The number of hydrogen-bond donors (Lipinski definition) is 1. The minimum Gasteiger partial charge on any atom is -0.493 e. The monoisotopic (exact) mass is 378 g/mol. The van der Waals surface area contributed by atoms with Crippen LogP contribution < -0.4 is 19.0 Å². The normalized spacial score (nSPS) is 11.8. The van der Waals surface area contributed by atoms with E-state index in [4.69, 9.17) is 14.2 Å². The van der Waals surface area contributed by atoms with Gasteiger partial charge in [0.2, 0.25) is 5.75 Å². The van der Waals surface area contributed by atoms with E-state index >= 15 is 0 Å². The number of hydrazone groups is 1. The molecule has 0 amide bonds. The van der Waals surface area contributed by atoms with Crippen molar-refractivity contribution in [1.29, 1.82) is 0 Å². The lowest BCUT2D eigenvalue weighted by Crippen LogP contribution is -2.20. The van der Waals surface area contributed by atoms with Crippen LogP contribution in [0.2, 0.25) is 0 Å². The third-order valence-corrected chi connectivity index (χ3v) is 4.97. The van der Waals surface area contributed by atoms with Crippen LogP contribution >= 0.6 is 0 Å². The first-order chi connectivity index (χ1) is 12.3. The second-order valence-electron chi connectivity index (χ2n) is 5.52. The van der Waals surface area contributed by atoms with Gasteiger partial charge in [-0.25, -0.2) is 0 Å². The molecule has 0 unspecified atom stereocenters. The first-order valence-electron chi connectivity index (χ1n) is 7.75. The Morgan fingerprint density at radius 2 is 1.50 bits per heavy atom. The highest BCUT2D eigenvalue weighted by Gasteiger charge is 2.16. The molecule has 0 aromatic heterocycles. The lowest BCUT2D eigenvalue weighted by atomic mass is 10.1. The molecular weight excluding hydrogens is 356 g/mol. The first kappa shape index (κ1) is 19.6. The van der Waals surface area contributed by atoms with Crippen molar-refractivity contribution in [3.8, 4) is 17.2 Å². The third kappa shape index (κ3) is 4.26. The third-order valence-electron chi connectivity index (χ3n) is 3.75. The van der Waals surface area contributed by atoms with E-state index in [0.717, 1.165) is 5.56 Å². The van der Waals surface area contributed by atoms with Crippen LogP contribution in [0.4, 0.5) is 0 Å². The van der Waals surface area contributed by atoms with E-state index in [1.807, 2.05) is 6.92 Å². The Morgan fingerprint density at radius 3 is 1.96 bits per heavy atom. The van der Waals surface area contributed by atoms with E-state index in [9.17, 15) is 8.42 Å². The van der Waals surface area contributed by atoms with Gasteiger partial charge in [-0.05, 0) is 38.1 Å². The highest BCUT2D eigenvalue weighted by Crippen LogP contribution is 2.38. The highest BCUT2D eigenvalue weighted by molar-refractivity contribution is 7.89. The van der Waals surface area contributed by atoms with Crippen LogP contribution in [0.5, 0.6) is 17.2 Å². The number of methoxy groups -OCH3 is 3. The van der Waals surface area contributed by atoms with Gasteiger partial charge in [0.1, 0.15) is 0 Å². The van der Waals surface area contributed by atoms with Gasteiger partial charge in [0.15, 0.2) is 11.5 Å². The number of nitrogens with one attached hydrogen (secondary N) is 1. The molecule has 0 heterocycles. The summed E-state index contributed by atoms with van der Waals surface area (Å²) in [4.78, 5) is 2.39. The Kier molecular flexibility index (Phi) is 6.10. The predicted molar refractivity (Wildman–Crippen MR) is 99.8 cm³/mol. The average Bonchev–Trinajstić information content (AvgIpc) is 2.65. The Balaban J connectivity index is 2.33. The maximum atomic E-state index is 12.3. The van der Waals surface area contributed by atoms with Crippen molar-refractivity contribution in [2.45, 2.75) is 18.7 Å². The van der Waals surface area contributed by atoms with Crippen molar-refractivity contribution in [2.75, 3.05) is 21.3 Å². The van der Waals surface area contributed by atoms with Crippen molar-refractivity contribution in [3.63, 3.8) is 0 Å². The Labute approximate surface area is 153 Å². The molecule has 0 fully saturated rings. The number of nitrogens with zero attached hydrogens (tertiary/aromatic N) is 1. The van der Waals surface area contributed by atoms with Crippen molar-refractivity contribution < 1.29 is 22.6 Å². The van der Waals surface area contributed by atoms with Crippen molar-refractivity contribution >= 4 is 15.7 Å². The molecule has 2 rings (SSSR count). The van der Waals surface area contributed by atoms with E-state index in [-0.39, 0.29) is 4.90 Å². The number of ether oxygens (including phenoxy) is 3. The smallest absolute Gasteiger partial charge is 0.276 e. The maximum absolute atomic E-state index is 12.3. The maximum Gasteiger partial charge on any atom is 0.276 e. The fourth-order valence-electron chi connectivity index (χ4n) is 2.25. The quantitative estimate of drug-likeness (QED) is 0.591. The van der Waals surface area contributed by atoms with Crippen molar-refractivity contribution in [1.82, 2.24) is 4.83 Å². The van der Waals surface area contributed by atoms with Gasteiger partial charge >= 0.3 is 0 Å². The van der Waals surface area contributed by atoms with Crippen molar-refractivity contribution in [3.05, 3.63) is 47.5 Å². The van der Waals surface area contributed by atoms with Crippen LogP contribution in [0.15, 0.2) is 46.4 Å². The van der Waals surface area contributed by atoms with Crippen molar-refractivity contribution in [2.24, 2.45) is 5.10 Å². The molecule has 0 aliphatic carbocycles. The van der Waals surface area contributed by atoms with Gasteiger partial charge in [-0.3, -0.25) is 0 Å². The standard InChI is InChI=1S/C18H22N2O5S/c1-12-6-8-15(9-7-12)26(21,22)20-19-13(2)14-10-16(23-3)18(25-5)17(11-14)24-4/h6-11,20H,1-5H3. The van der Waals surface area contributed by atoms with Crippen LogP contribution in [0, 0.1) is 6.92 Å². The summed E-state index contributed by atoms with van der Waals surface area (Å²) >= 11 is 0. The van der Waals surface area contributed by atoms with Gasteiger partial charge in [0.05, 0.1) is 31.9 Å². The van der Waals surface area contributed by atoms with Gasteiger partial charge < -0.3 is 14.2 Å². The van der Waals surface area contributed by atoms with E-state index < -0.39 is 10.0 Å². The Bertz CT molecular complexity index is 881. The second kappa shape index (κ2) is 8.09. The molecule has 0 bridgehead atoms. The molecule has 140 valence electrons. The molecule has 26 heavy (non-hydrogen) atoms. The van der Waals surface area contributed by atoms with Crippen LogP contribution in [-0.2, 0) is 10.0 Å². The molecule has 0 atom stereocenters. The molecule has 0 radical (unpaired) electrons.